The molecule has 0 spiro atoms. The quantitative estimate of drug-likeness (QED) is 0.696. The fourth-order valence-electron chi connectivity index (χ4n) is 3.18. The average molecular weight is 390 g/mol. The zero-order valence-corrected chi connectivity index (χ0v) is 15.9. The van der Waals surface area contributed by atoms with Crippen molar-refractivity contribution in [2.24, 2.45) is 7.05 Å². The van der Waals surface area contributed by atoms with Crippen molar-refractivity contribution >= 4 is 21.7 Å². The predicted octanol–water partition coefficient (Wildman–Crippen LogP) is 1.40. The Morgan fingerprint density at radius 2 is 1.93 bits per heavy atom. The van der Waals surface area contributed by atoms with Crippen LogP contribution >= 0.6 is 0 Å². The highest BCUT2D eigenvalue weighted by Gasteiger charge is 2.35. The van der Waals surface area contributed by atoms with Gasteiger partial charge in [-0.15, -0.1) is 0 Å². The first-order valence-corrected chi connectivity index (χ1v) is 10.5. The van der Waals surface area contributed by atoms with Crippen LogP contribution in [0, 0.1) is 0 Å². The Hall–Kier alpha value is -2.61. The third-order valence-electron chi connectivity index (χ3n) is 4.64. The molecule has 1 fully saturated rings. The van der Waals surface area contributed by atoms with E-state index in [0.717, 1.165) is 5.56 Å². The first-order valence-electron chi connectivity index (χ1n) is 8.68. The van der Waals surface area contributed by atoms with E-state index in [2.05, 4.69) is 0 Å². The predicted molar refractivity (Wildman–Crippen MR) is 99.7 cm³/mol. The van der Waals surface area contributed by atoms with Crippen molar-refractivity contribution in [3.63, 3.8) is 0 Å². The highest BCUT2D eigenvalue weighted by Crippen LogP contribution is 2.20. The van der Waals surface area contributed by atoms with E-state index in [1.807, 2.05) is 30.3 Å². The van der Waals surface area contributed by atoms with Gasteiger partial charge in [0.2, 0.25) is 0 Å². The molecule has 27 heavy (non-hydrogen) atoms. The van der Waals surface area contributed by atoms with Gasteiger partial charge in [-0.1, -0.05) is 30.3 Å². The summed E-state index contributed by atoms with van der Waals surface area (Å²) in [5.74, 6) is -0.977. The first-order chi connectivity index (χ1) is 12.9. The van der Waals surface area contributed by atoms with Gasteiger partial charge in [0.05, 0.1) is 11.5 Å². The number of esters is 1. The molecule has 1 atom stereocenters. The summed E-state index contributed by atoms with van der Waals surface area (Å²) < 4.78 is 30.5. The number of nitrogens with zero attached hydrogens (tertiary/aromatic N) is 2. The summed E-state index contributed by atoms with van der Waals surface area (Å²) >= 11 is 0. The highest BCUT2D eigenvalue weighted by atomic mass is 32.2. The molecule has 3 rings (SSSR count). The van der Waals surface area contributed by atoms with Gasteiger partial charge in [-0.3, -0.25) is 4.79 Å². The van der Waals surface area contributed by atoms with Gasteiger partial charge in [0.25, 0.3) is 5.91 Å². The lowest BCUT2D eigenvalue weighted by molar-refractivity contribution is -0.137. The third-order valence-corrected chi connectivity index (χ3v) is 6.40. The van der Waals surface area contributed by atoms with Gasteiger partial charge >= 0.3 is 5.97 Å². The van der Waals surface area contributed by atoms with Crippen molar-refractivity contribution < 1.29 is 22.7 Å². The number of carbonyl (C=O) groups excluding carboxylic acids is 2. The molecule has 0 saturated carbocycles. The smallest absolute Gasteiger partial charge is 0.355 e. The first kappa shape index (κ1) is 19.2. The molecule has 1 saturated heterocycles. The SMILES string of the molecule is Cn1cccc1C(=O)OCC(=O)N(Cc1ccccc1)C1CCS(=O)(=O)C1. The molecule has 1 amide bonds. The van der Waals surface area contributed by atoms with E-state index in [1.165, 1.54) is 4.90 Å². The summed E-state index contributed by atoms with van der Waals surface area (Å²) in [5, 5.41) is 0. The molecule has 144 valence electrons. The number of amides is 1. The number of rotatable bonds is 6. The number of hydrogen-bond donors (Lipinski definition) is 0. The Kier molecular flexibility index (Phi) is 5.65. The average Bonchev–Trinajstić information content (AvgIpc) is 3.23. The summed E-state index contributed by atoms with van der Waals surface area (Å²) in [6.07, 6.45) is 2.11. The van der Waals surface area contributed by atoms with Crippen LogP contribution in [-0.4, -0.2) is 53.9 Å². The van der Waals surface area contributed by atoms with Crippen LogP contribution < -0.4 is 0 Å². The van der Waals surface area contributed by atoms with Gasteiger partial charge in [-0.25, -0.2) is 13.2 Å². The Labute approximate surface area is 158 Å². The van der Waals surface area contributed by atoms with Gasteiger partial charge < -0.3 is 14.2 Å². The number of carbonyl (C=O) groups is 2. The van der Waals surface area contributed by atoms with Gasteiger partial charge in [0.15, 0.2) is 16.4 Å². The molecule has 1 unspecified atom stereocenters. The van der Waals surface area contributed by atoms with Crippen LogP contribution in [0.25, 0.3) is 0 Å². The molecule has 2 aromatic rings. The number of aryl methyl sites for hydroxylation is 1. The molecule has 2 heterocycles. The normalized spacial score (nSPS) is 18.2. The maximum atomic E-state index is 12.8. The van der Waals surface area contributed by atoms with Gasteiger partial charge in [0, 0.05) is 25.8 Å². The van der Waals surface area contributed by atoms with E-state index < -0.39 is 34.4 Å². The van der Waals surface area contributed by atoms with Crippen molar-refractivity contribution in [2.45, 2.75) is 19.0 Å². The lowest BCUT2D eigenvalue weighted by Crippen LogP contribution is -2.42. The third kappa shape index (κ3) is 4.77. The Morgan fingerprint density at radius 1 is 1.19 bits per heavy atom. The molecule has 0 aliphatic carbocycles. The Bertz CT molecular complexity index is 921. The maximum Gasteiger partial charge on any atom is 0.355 e. The van der Waals surface area contributed by atoms with Crippen LogP contribution in [0.4, 0.5) is 0 Å². The van der Waals surface area contributed by atoms with Crippen molar-refractivity contribution in [1.82, 2.24) is 9.47 Å². The molecular weight excluding hydrogens is 368 g/mol. The molecule has 1 aliphatic heterocycles. The number of hydrogen-bond acceptors (Lipinski definition) is 5. The molecular formula is C19H22N2O5S. The zero-order chi connectivity index (χ0) is 19.4. The summed E-state index contributed by atoms with van der Waals surface area (Å²) in [4.78, 5) is 26.4. The number of benzene rings is 1. The molecule has 7 nitrogen and oxygen atoms in total. The van der Waals surface area contributed by atoms with E-state index in [1.54, 1.807) is 29.9 Å². The molecule has 0 radical (unpaired) electrons. The largest absolute Gasteiger partial charge is 0.451 e. The molecule has 0 bridgehead atoms. The minimum Gasteiger partial charge on any atom is -0.451 e. The molecule has 8 heteroatoms. The van der Waals surface area contributed by atoms with Crippen molar-refractivity contribution in [2.75, 3.05) is 18.1 Å². The van der Waals surface area contributed by atoms with Crippen LogP contribution in [0.2, 0.25) is 0 Å². The highest BCUT2D eigenvalue weighted by molar-refractivity contribution is 7.91. The number of ether oxygens (including phenoxy) is 1. The van der Waals surface area contributed by atoms with E-state index in [4.69, 9.17) is 4.74 Å². The van der Waals surface area contributed by atoms with Crippen LogP contribution in [0.1, 0.15) is 22.5 Å². The van der Waals surface area contributed by atoms with E-state index >= 15 is 0 Å². The van der Waals surface area contributed by atoms with Crippen LogP contribution in [0.3, 0.4) is 0 Å². The summed E-state index contributed by atoms with van der Waals surface area (Å²) in [5.41, 5.74) is 1.24. The second-order valence-corrected chi connectivity index (χ2v) is 8.87. The van der Waals surface area contributed by atoms with Crippen LogP contribution in [0.15, 0.2) is 48.7 Å². The lowest BCUT2D eigenvalue weighted by atomic mass is 10.1. The minimum atomic E-state index is -3.14. The van der Waals surface area contributed by atoms with Gasteiger partial charge in [0.1, 0.15) is 5.69 Å². The van der Waals surface area contributed by atoms with E-state index in [9.17, 15) is 18.0 Å². The van der Waals surface area contributed by atoms with Crippen LogP contribution in [-0.2, 0) is 33.0 Å². The molecule has 1 aromatic carbocycles. The van der Waals surface area contributed by atoms with Gasteiger partial charge in [-0.05, 0) is 24.1 Å². The molecule has 0 N–H and O–H groups in total. The van der Waals surface area contributed by atoms with Crippen molar-refractivity contribution in [3.05, 3.63) is 59.9 Å². The Balaban J connectivity index is 1.70. The Morgan fingerprint density at radius 3 is 2.52 bits per heavy atom. The summed E-state index contributed by atoms with van der Waals surface area (Å²) in [6, 6.07) is 12.3. The molecule has 1 aromatic heterocycles. The number of sulfone groups is 1. The van der Waals surface area contributed by atoms with Crippen molar-refractivity contribution in [3.8, 4) is 0 Å². The zero-order valence-electron chi connectivity index (χ0n) is 15.1. The van der Waals surface area contributed by atoms with Crippen LogP contribution in [0.5, 0.6) is 0 Å². The second kappa shape index (κ2) is 7.96. The second-order valence-electron chi connectivity index (χ2n) is 6.64. The minimum absolute atomic E-state index is 0.0582. The van der Waals surface area contributed by atoms with E-state index in [0.29, 0.717) is 12.1 Å². The fraction of sp³-hybridized carbons (Fsp3) is 0.368. The standard InChI is InChI=1S/C19H22N2O5S/c1-20-10-5-8-17(20)19(23)26-13-18(22)21(12-15-6-3-2-4-7-15)16-9-11-27(24,25)14-16/h2-8,10,16H,9,11-14H2,1H3. The summed E-state index contributed by atoms with van der Waals surface area (Å²) in [6.45, 7) is -0.144. The maximum absolute atomic E-state index is 12.8. The number of aromatic nitrogens is 1. The monoisotopic (exact) mass is 390 g/mol. The van der Waals surface area contributed by atoms with Gasteiger partial charge in [-0.2, -0.15) is 0 Å². The lowest BCUT2D eigenvalue weighted by Gasteiger charge is -2.28. The van der Waals surface area contributed by atoms with E-state index in [-0.39, 0.29) is 18.1 Å². The summed E-state index contributed by atoms with van der Waals surface area (Å²) in [7, 11) is -1.43. The molecule has 1 aliphatic rings. The fourth-order valence-corrected chi connectivity index (χ4v) is 4.91. The van der Waals surface area contributed by atoms with Crippen molar-refractivity contribution in [1.29, 1.82) is 0 Å². The topological polar surface area (TPSA) is 85.7 Å².